The van der Waals surface area contributed by atoms with Gasteiger partial charge in [-0.05, 0) is 38.3 Å². The van der Waals surface area contributed by atoms with E-state index in [2.05, 4.69) is 5.32 Å². The minimum Gasteiger partial charge on any atom is -0.375 e. The van der Waals surface area contributed by atoms with Crippen molar-refractivity contribution in [3.63, 3.8) is 0 Å². The summed E-state index contributed by atoms with van der Waals surface area (Å²) in [5.41, 5.74) is 0.00533. The molecule has 1 amide bonds. The third-order valence-electron chi connectivity index (χ3n) is 3.74. The summed E-state index contributed by atoms with van der Waals surface area (Å²) < 4.78 is 19.4. The lowest BCUT2D eigenvalue weighted by Crippen LogP contribution is -2.29. The second-order valence-electron chi connectivity index (χ2n) is 5.45. The first-order valence-electron chi connectivity index (χ1n) is 7.29. The fourth-order valence-corrected chi connectivity index (χ4v) is 2.85. The molecule has 1 aromatic rings. The lowest BCUT2D eigenvalue weighted by molar-refractivity contribution is -0.122. The average Bonchev–Trinajstić information content (AvgIpc) is 2.89. The highest BCUT2D eigenvalue weighted by molar-refractivity contribution is 6.31. The first-order valence-corrected chi connectivity index (χ1v) is 7.67. The van der Waals surface area contributed by atoms with Crippen LogP contribution in [0.25, 0.3) is 0 Å². The molecule has 1 heterocycles. The summed E-state index contributed by atoms with van der Waals surface area (Å²) in [5.74, 6) is -0.915. The normalized spacial score (nSPS) is 22.1. The van der Waals surface area contributed by atoms with Crippen LogP contribution in [0.2, 0.25) is 5.02 Å². The number of nitriles is 1. The van der Waals surface area contributed by atoms with Crippen LogP contribution < -0.4 is 5.32 Å². The molecule has 3 atom stereocenters. The minimum absolute atomic E-state index is 0.00533. The fraction of sp³-hybridized carbons (Fsp3) is 0.500. The topological polar surface area (TPSA) is 62.1 Å². The molecule has 0 aromatic heterocycles. The molecule has 1 aliphatic rings. The Morgan fingerprint density at radius 1 is 1.59 bits per heavy atom. The minimum atomic E-state index is -1.09. The van der Waals surface area contributed by atoms with Gasteiger partial charge in [0, 0.05) is 17.0 Å². The maximum atomic E-state index is 13.8. The highest BCUT2D eigenvalue weighted by atomic mass is 35.5. The summed E-state index contributed by atoms with van der Waals surface area (Å²) in [6.45, 7) is 2.01. The molecule has 0 unspecified atom stereocenters. The highest BCUT2D eigenvalue weighted by Gasteiger charge is 2.24. The Morgan fingerprint density at radius 3 is 2.95 bits per heavy atom. The van der Waals surface area contributed by atoms with Gasteiger partial charge in [0.15, 0.2) is 0 Å². The van der Waals surface area contributed by atoms with E-state index in [-0.39, 0.29) is 35.1 Å². The molecule has 1 aliphatic heterocycles. The van der Waals surface area contributed by atoms with Crippen LogP contribution in [0.4, 0.5) is 4.39 Å². The number of rotatable bonds is 5. The van der Waals surface area contributed by atoms with Crippen LogP contribution in [-0.4, -0.2) is 18.1 Å². The third-order valence-corrected chi connectivity index (χ3v) is 4.07. The number of hydrogen-bond donors (Lipinski definition) is 1. The van der Waals surface area contributed by atoms with E-state index in [1.165, 1.54) is 18.2 Å². The Bertz CT molecular complexity index is 568. The SMILES string of the molecule is C[C@@H]1CC[C@@H](CCC(=O)N[C@H](C#N)c2c(F)cccc2Cl)O1. The lowest BCUT2D eigenvalue weighted by atomic mass is 10.1. The van der Waals surface area contributed by atoms with Crippen molar-refractivity contribution >= 4 is 17.5 Å². The number of nitrogens with zero attached hydrogens (tertiary/aromatic N) is 1. The number of amides is 1. The van der Waals surface area contributed by atoms with Gasteiger partial charge in [0.1, 0.15) is 11.9 Å². The number of ether oxygens (including phenoxy) is 1. The largest absolute Gasteiger partial charge is 0.375 e. The van der Waals surface area contributed by atoms with E-state index in [0.717, 1.165) is 12.8 Å². The molecular formula is C16H18ClFN2O2. The average molecular weight is 325 g/mol. The number of carbonyl (C=O) groups is 1. The van der Waals surface area contributed by atoms with Crippen LogP contribution in [0.3, 0.4) is 0 Å². The van der Waals surface area contributed by atoms with Gasteiger partial charge in [-0.1, -0.05) is 17.7 Å². The monoisotopic (exact) mass is 324 g/mol. The maximum Gasteiger partial charge on any atom is 0.221 e. The molecular weight excluding hydrogens is 307 g/mol. The van der Waals surface area contributed by atoms with E-state index in [0.29, 0.717) is 6.42 Å². The Kier molecular flexibility index (Phi) is 5.76. The first kappa shape index (κ1) is 16.7. The summed E-state index contributed by atoms with van der Waals surface area (Å²) in [4.78, 5) is 12.0. The van der Waals surface area contributed by atoms with Crippen molar-refractivity contribution in [1.82, 2.24) is 5.32 Å². The Labute approximate surface area is 134 Å². The van der Waals surface area contributed by atoms with Gasteiger partial charge >= 0.3 is 0 Å². The van der Waals surface area contributed by atoms with Crippen LogP contribution in [0.5, 0.6) is 0 Å². The van der Waals surface area contributed by atoms with Gasteiger partial charge in [0.25, 0.3) is 0 Å². The lowest BCUT2D eigenvalue weighted by Gasteiger charge is -2.15. The molecule has 1 saturated heterocycles. The molecule has 1 N–H and O–H groups in total. The van der Waals surface area contributed by atoms with E-state index in [1.54, 1.807) is 0 Å². The van der Waals surface area contributed by atoms with Crippen LogP contribution in [0, 0.1) is 17.1 Å². The first-order chi connectivity index (χ1) is 10.5. The number of nitrogens with one attached hydrogen (secondary N) is 1. The van der Waals surface area contributed by atoms with Crippen LogP contribution in [0.1, 0.15) is 44.2 Å². The smallest absolute Gasteiger partial charge is 0.221 e. The predicted octanol–water partition coefficient (Wildman–Crippen LogP) is 3.51. The summed E-state index contributed by atoms with van der Waals surface area (Å²) in [6.07, 6.45) is 3.09. The molecule has 22 heavy (non-hydrogen) atoms. The van der Waals surface area contributed by atoms with Crippen molar-refractivity contribution in [3.8, 4) is 6.07 Å². The molecule has 118 valence electrons. The van der Waals surface area contributed by atoms with Gasteiger partial charge in [-0.3, -0.25) is 4.79 Å². The Balaban J connectivity index is 1.93. The van der Waals surface area contributed by atoms with Crippen molar-refractivity contribution in [2.24, 2.45) is 0 Å². The molecule has 0 bridgehead atoms. The van der Waals surface area contributed by atoms with Gasteiger partial charge in [0.2, 0.25) is 5.91 Å². The standard InChI is InChI=1S/C16H18ClFN2O2/c1-10-5-6-11(22-10)7-8-15(21)20-14(9-19)16-12(17)3-2-4-13(16)18/h2-4,10-11,14H,5-8H2,1H3,(H,20,21)/t10-,11+,14-/m1/s1. The van der Waals surface area contributed by atoms with Crippen LogP contribution >= 0.6 is 11.6 Å². The fourth-order valence-electron chi connectivity index (χ4n) is 2.58. The zero-order valence-corrected chi connectivity index (χ0v) is 13.1. The van der Waals surface area contributed by atoms with Crippen molar-refractivity contribution in [2.75, 3.05) is 0 Å². The molecule has 2 rings (SSSR count). The Hall–Kier alpha value is -1.64. The maximum absolute atomic E-state index is 13.8. The molecule has 1 aromatic carbocycles. The molecule has 4 nitrogen and oxygen atoms in total. The predicted molar refractivity (Wildman–Crippen MR) is 80.7 cm³/mol. The summed E-state index contributed by atoms with van der Waals surface area (Å²) in [7, 11) is 0. The van der Waals surface area contributed by atoms with E-state index < -0.39 is 11.9 Å². The molecule has 6 heteroatoms. The van der Waals surface area contributed by atoms with E-state index >= 15 is 0 Å². The molecule has 1 fully saturated rings. The van der Waals surface area contributed by atoms with Gasteiger partial charge in [-0.15, -0.1) is 0 Å². The molecule has 0 radical (unpaired) electrons. The van der Waals surface area contributed by atoms with Crippen molar-refractivity contribution in [2.45, 2.75) is 50.9 Å². The van der Waals surface area contributed by atoms with Crippen LogP contribution in [-0.2, 0) is 9.53 Å². The number of halogens is 2. The van der Waals surface area contributed by atoms with Crippen LogP contribution in [0.15, 0.2) is 18.2 Å². The van der Waals surface area contributed by atoms with Gasteiger partial charge < -0.3 is 10.1 Å². The number of hydrogen-bond acceptors (Lipinski definition) is 3. The third kappa shape index (κ3) is 4.19. The molecule has 0 spiro atoms. The number of benzene rings is 1. The Morgan fingerprint density at radius 2 is 2.36 bits per heavy atom. The quantitative estimate of drug-likeness (QED) is 0.901. The summed E-state index contributed by atoms with van der Waals surface area (Å²) in [5, 5.41) is 11.8. The summed E-state index contributed by atoms with van der Waals surface area (Å²) >= 11 is 5.92. The second kappa shape index (κ2) is 7.57. The molecule has 0 saturated carbocycles. The number of carbonyl (C=O) groups excluding carboxylic acids is 1. The van der Waals surface area contributed by atoms with Crippen molar-refractivity contribution < 1.29 is 13.9 Å². The van der Waals surface area contributed by atoms with Gasteiger partial charge in [-0.25, -0.2) is 4.39 Å². The molecule has 0 aliphatic carbocycles. The second-order valence-corrected chi connectivity index (χ2v) is 5.86. The zero-order chi connectivity index (χ0) is 16.1. The van der Waals surface area contributed by atoms with Gasteiger partial charge in [-0.2, -0.15) is 5.26 Å². The van der Waals surface area contributed by atoms with E-state index in [1.807, 2.05) is 13.0 Å². The zero-order valence-electron chi connectivity index (χ0n) is 12.3. The van der Waals surface area contributed by atoms with Gasteiger partial charge in [0.05, 0.1) is 18.3 Å². The highest BCUT2D eigenvalue weighted by Crippen LogP contribution is 2.26. The summed E-state index contributed by atoms with van der Waals surface area (Å²) in [6, 6.07) is 4.94. The van der Waals surface area contributed by atoms with E-state index in [4.69, 9.17) is 16.3 Å². The van der Waals surface area contributed by atoms with Crippen molar-refractivity contribution in [1.29, 1.82) is 5.26 Å². The van der Waals surface area contributed by atoms with Crippen molar-refractivity contribution in [3.05, 3.63) is 34.6 Å². The van der Waals surface area contributed by atoms with E-state index in [9.17, 15) is 14.4 Å².